The Morgan fingerprint density at radius 2 is 0.935 bits per heavy atom. The molecule has 0 spiro atoms. The molecule has 48 heteroatoms. The Balaban J connectivity index is 1.47. The molecule has 6 aliphatic heterocycles. The Kier molecular flexibility index (Phi) is 27.0. The van der Waals surface area contributed by atoms with Gasteiger partial charge in [0.1, 0.15) is 134 Å². The van der Waals surface area contributed by atoms with E-state index in [9.17, 15) is 135 Å². The highest BCUT2D eigenvalue weighted by Crippen LogP contribution is 2.41. The lowest BCUT2D eigenvalue weighted by Crippen LogP contribution is -2.72. The fraction of sp³-hybridized carbons (Fsp3) is 0.911. The molecule has 0 aliphatic carbocycles. The molecule has 6 heterocycles. The van der Waals surface area contributed by atoms with Crippen molar-refractivity contribution in [2.24, 2.45) is 0 Å². The number of carboxylic acids is 1. The number of hydrogen-bond donors (Lipinski definition) is 21. The van der Waals surface area contributed by atoms with Gasteiger partial charge in [0.05, 0.1) is 51.3 Å². The van der Waals surface area contributed by atoms with E-state index in [1.165, 1.54) is 0 Å². The van der Waals surface area contributed by atoms with Crippen LogP contribution in [-0.4, -0.2) is 362 Å². The van der Waals surface area contributed by atoms with Crippen molar-refractivity contribution in [3.63, 3.8) is 0 Å². The van der Waals surface area contributed by atoms with Gasteiger partial charge in [-0.15, -0.1) is 0 Å². The van der Waals surface area contributed by atoms with Gasteiger partial charge in [-0.1, -0.05) is 0 Å². The summed E-state index contributed by atoms with van der Waals surface area (Å²) in [7, 11) is -16.5. The molecule has 6 fully saturated rings. The molecule has 31 atom stereocenters. The van der Waals surface area contributed by atoms with Gasteiger partial charge in [0.25, 0.3) is 5.79 Å². The van der Waals surface area contributed by atoms with E-state index >= 15 is 0 Å². The zero-order valence-electron chi connectivity index (χ0n) is 48.6. The molecule has 3 amide bonds. The maximum atomic E-state index is 13.4. The predicted molar refractivity (Wildman–Crippen MR) is 281 cm³/mol. The third-order valence-electron chi connectivity index (χ3n) is 15.2. The van der Waals surface area contributed by atoms with E-state index in [1.807, 2.05) is 0 Å². The van der Waals surface area contributed by atoms with Crippen molar-refractivity contribution >= 4 is 54.9 Å². The van der Waals surface area contributed by atoms with E-state index in [4.69, 9.17) is 52.1 Å². The minimum absolute atomic E-state index is 0.780. The SMILES string of the molecule is CC(=O)N[C@H]1[C@H](O[C@H]2[C@@H](O)[C@@H](COS(=O)(=O)O)O[C@@H](O[C@H]3[C@H](O)[C@@H](COS(=O)(=O)O)OC(O)[C@@H]3NC(C)=O)[C@@H]2O)O[C@H](COS(=O)(=O)O)[C@@H](O[C@@H]2O[C@H](CO)[C@H](O)[C@H](O[C@]3(C(=O)O)C[C@H](O)[C@@H](NC(C)=O)[C@H]([C@H](O)[C@H](O)CO)O3)[C@H]2O)[C@@H]1O[C@@H]1O[C@@H](C)[C@@H](O)[C@@H](O)[C@@H]1O. The van der Waals surface area contributed by atoms with Crippen LogP contribution in [0.3, 0.4) is 0 Å². The summed E-state index contributed by atoms with van der Waals surface area (Å²) in [6.45, 7) is -3.30. The number of hydrogen-bond acceptors (Lipinski definition) is 38. The van der Waals surface area contributed by atoms with Gasteiger partial charge in [-0.05, 0) is 6.92 Å². The molecule has 0 aromatic heterocycles. The van der Waals surface area contributed by atoms with Crippen LogP contribution in [0, 0.1) is 0 Å². The molecule has 0 bridgehead atoms. The molecule has 6 aliphatic rings. The number of ether oxygens (including phenoxy) is 11. The number of nitrogens with one attached hydrogen (secondary N) is 3. The molecular formula is C45H75N3O42S3. The molecule has 6 rings (SSSR count). The van der Waals surface area contributed by atoms with E-state index in [0.29, 0.717) is 0 Å². The molecule has 0 saturated carbocycles. The van der Waals surface area contributed by atoms with Crippen LogP contribution in [-0.2, 0) is 115 Å². The number of aliphatic hydroxyl groups is 14. The first kappa shape index (κ1) is 78.5. The summed E-state index contributed by atoms with van der Waals surface area (Å²) in [5.74, 6) is -8.73. The first-order chi connectivity index (χ1) is 43.0. The van der Waals surface area contributed by atoms with Crippen molar-refractivity contribution in [3.05, 3.63) is 0 Å². The number of rotatable bonds is 27. The van der Waals surface area contributed by atoms with Crippen LogP contribution >= 0.6 is 0 Å². The first-order valence-electron chi connectivity index (χ1n) is 27.6. The van der Waals surface area contributed by atoms with E-state index in [-0.39, 0.29) is 0 Å². The first-order valence-corrected chi connectivity index (χ1v) is 31.6. The molecule has 45 nitrogen and oxygen atoms in total. The van der Waals surface area contributed by atoms with Crippen molar-refractivity contribution in [2.75, 3.05) is 33.0 Å². The monoisotopic (exact) mass is 1430 g/mol. The van der Waals surface area contributed by atoms with Crippen molar-refractivity contribution in [3.8, 4) is 0 Å². The average Bonchev–Trinajstić information content (AvgIpc) is 0.763. The predicted octanol–water partition coefficient (Wildman–Crippen LogP) is -14.0. The maximum Gasteiger partial charge on any atom is 0.397 e. The Bertz CT molecular complexity index is 2870. The van der Waals surface area contributed by atoms with Crippen LogP contribution in [0.2, 0.25) is 0 Å². The Hall–Kier alpha value is -3.51. The molecule has 0 aromatic carbocycles. The van der Waals surface area contributed by atoms with Crippen LogP contribution in [0.25, 0.3) is 0 Å². The number of carboxylic acid groups (broad SMARTS) is 1. The molecular weight excluding hydrogens is 1350 g/mol. The van der Waals surface area contributed by atoms with Crippen LogP contribution in [0.4, 0.5) is 0 Å². The van der Waals surface area contributed by atoms with Crippen LogP contribution in [0.1, 0.15) is 34.1 Å². The number of aliphatic hydroxyl groups excluding tert-OH is 14. The standard InChI is InChI=1S/C45H75N3O42S3/c1-11-24(56)29(61)30(62)41(80-11)87-36-23(48-14(4)53)40(88-37-28(60)19(9-78-92(71,72)73)83-42(31(37)63)86-34-22(47-13(3)52)39(65)81-18(27(34)59)8-77-91(68,69)70)84-20(10-79-93(74,75)76)33(36)85-43-32(64)38(26(58)17(7-50)82-43)90-45(44(66)67)5-15(54)21(46-12(2)51)35(89-45)25(57)16(55)6-49/h11,15-43,49-50,54-65H,5-10H2,1-4H3,(H,46,51)(H,47,52)(H,48,53)(H,66,67)(H,68,69,70)(H,71,72,73)(H,74,75,76)/t11-,15-,16+,17+,18+,19+,20+,21+,22+,23+,24+,25+,26-,27+,28-,29+,30-,31+,32+,33+,34+,35+,36+,37-,38-,39?,40-,41-,42-,43-,45-/m0/s1. The van der Waals surface area contributed by atoms with E-state index in [0.717, 1.165) is 27.7 Å². The second-order valence-corrected chi connectivity index (χ2v) is 25.2. The average molecular weight is 1430 g/mol. The largest absolute Gasteiger partial charge is 0.477 e. The van der Waals surface area contributed by atoms with Gasteiger partial charge in [-0.2, -0.15) is 25.3 Å². The minimum atomic E-state index is -5.70. The van der Waals surface area contributed by atoms with Crippen LogP contribution in [0.5, 0.6) is 0 Å². The van der Waals surface area contributed by atoms with Gasteiger partial charge in [-0.25, -0.2) is 17.3 Å². The van der Waals surface area contributed by atoms with Crippen molar-refractivity contribution in [1.82, 2.24) is 16.0 Å². The molecule has 1 unspecified atom stereocenters. The van der Waals surface area contributed by atoms with Crippen molar-refractivity contribution in [1.29, 1.82) is 0 Å². The van der Waals surface area contributed by atoms with Crippen LogP contribution in [0.15, 0.2) is 0 Å². The quantitative estimate of drug-likeness (QED) is 0.0340. The van der Waals surface area contributed by atoms with Gasteiger partial charge in [-0.3, -0.25) is 28.0 Å². The summed E-state index contributed by atoms with van der Waals surface area (Å²) < 4.78 is 177. The Morgan fingerprint density at radius 1 is 0.505 bits per heavy atom. The molecule has 93 heavy (non-hydrogen) atoms. The number of aliphatic carboxylic acids is 1. The fourth-order valence-electron chi connectivity index (χ4n) is 10.8. The zero-order chi connectivity index (χ0) is 69.9. The second-order valence-electron chi connectivity index (χ2n) is 22.0. The van der Waals surface area contributed by atoms with E-state index < -0.39 is 284 Å². The smallest absolute Gasteiger partial charge is 0.397 e. The summed E-state index contributed by atoms with van der Waals surface area (Å²) >= 11 is 0. The Morgan fingerprint density at radius 3 is 1.45 bits per heavy atom. The fourth-order valence-corrected chi connectivity index (χ4v) is 11.7. The molecule has 21 N–H and O–H groups in total. The van der Waals surface area contributed by atoms with Crippen LogP contribution < -0.4 is 16.0 Å². The molecule has 0 radical (unpaired) electrons. The summed E-state index contributed by atoms with van der Waals surface area (Å²) in [5, 5.41) is 173. The summed E-state index contributed by atoms with van der Waals surface area (Å²) in [6, 6.07) is -6.09. The highest BCUT2D eigenvalue weighted by atomic mass is 32.3. The van der Waals surface area contributed by atoms with E-state index in [2.05, 4.69) is 28.5 Å². The number of amides is 3. The van der Waals surface area contributed by atoms with Gasteiger partial charge in [0, 0.05) is 27.2 Å². The highest BCUT2D eigenvalue weighted by Gasteiger charge is 2.62. The summed E-state index contributed by atoms with van der Waals surface area (Å²) in [4.78, 5) is 51.3. The van der Waals surface area contributed by atoms with E-state index in [1.54, 1.807) is 0 Å². The van der Waals surface area contributed by atoms with Gasteiger partial charge < -0.3 is 145 Å². The summed E-state index contributed by atoms with van der Waals surface area (Å²) in [5.41, 5.74) is 0. The lowest BCUT2D eigenvalue weighted by molar-refractivity contribution is -0.398. The number of carbonyl (C=O) groups excluding carboxylic acids is 3. The molecule has 540 valence electrons. The van der Waals surface area contributed by atoms with Crippen molar-refractivity contribution in [2.45, 2.75) is 224 Å². The van der Waals surface area contributed by atoms with Gasteiger partial charge >= 0.3 is 37.2 Å². The highest BCUT2D eigenvalue weighted by molar-refractivity contribution is 7.81. The van der Waals surface area contributed by atoms with Gasteiger partial charge in [0.15, 0.2) is 31.5 Å². The maximum absolute atomic E-state index is 13.4. The van der Waals surface area contributed by atoms with Crippen molar-refractivity contribution < 1.29 is 199 Å². The third kappa shape index (κ3) is 19.7. The lowest BCUT2D eigenvalue weighted by Gasteiger charge is -2.52. The summed E-state index contributed by atoms with van der Waals surface area (Å²) in [6.07, 6.45) is -64.5. The normalized spacial score (nSPS) is 42.7. The number of carbonyl (C=O) groups is 4. The zero-order valence-corrected chi connectivity index (χ0v) is 51.1. The minimum Gasteiger partial charge on any atom is -0.477 e. The molecule has 6 saturated heterocycles. The lowest BCUT2D eigenvalue weighted by atomic mass is 9.88. The third-order valence-corrected chi connectivity index (χ3v) is 16.5. The van der Waals surface area contributed by atoms with Gasteiger partial charge in [0.2, 0.25) is 17.7 Å². The topological polar surface area (TPSA) is 700 Å². The molecule has 0 aromatic rings. The Labute approximate surface area is 525 Å². The second kappa shape index (κ2) is 32.0.